The number of piperazine rings is 1. The minimum absolute atomic E-state index is 0.0234. The van der Waals surface area contributed by atoms with E-state index in [4.69, 9.17) is 16.3 Å². The standard InChI is InChI=1S/C19H21ClN2O2S/c1-24-18-13-16(25-2)6-7-17(18)19(23)22-10-8-21(9-11-22)15-5-3-4-14(20)12-15/h3-7,12-13H,8-11H2,1-2H3. The number of thioether (sulfide) groups is 1. The van der Waals surface area contributed by atoms with Gasteiger partial charge in [-0.2, -0.15) is 0 Å². The molecule has 0 spiro atoms. The van der Waals surface area contributed by atoms with E-state index in [1.54, 1.807) is 18.9 Å². The fraction of sp³-hybridized carbons (Fsp3) is 0.316. The fourth-order valence-corrected chi connectivity index (χ4v) is 3.60. The summed E-state index contributed by atoms with van der Waals surface area (Å²) in [6.45, 7) is 2.94. The molecule has 1 amide bonds. The summed E-state index contributed by atoms with van der Waals surface area (Å²) in [5.74, 6) is 0.657. The molecule has 0 bridgehead atoms. The molecule has 0 aromatic heterocycles. The number of halogens is 1. The van der Waals surface area contributed by atoms with Gasteiger partial charge in [-0.05, 0) is 42.7 Å². The van der Waals surface area contributed by atoms with Crippen LogP contribution in [-0.2, 0) is 0 Å². The summed E-state index contributed by atoms with van der Waals surface area (Å²) in [5.41, 5.74) is 1.72. The van der Waals surface area contributed by atoms with E-state index in [-0.39, 0.29) is 5.91 Å². The van der Waals surface area contributed by atoms with E-state index in [0.717, 1.165) is 28.7 Å². The number of nitrogens with zero attached hydrogens (tertiary/aromatic N) is 2. The van der Waals surface area contributed by atoms with Crippen LogP contribution in [0.4, 0.5) is 5.69 Å². The van der Waals surface area contributed by atoms with Crippen LogP contribution in [0, 0.1) is 0 Å². The van der Waals surface area contributed by atoms with Crippen molar-refractivity contribution in [1.82, 2.24) is 4.90 Å². The molecule has 2 aromatic carbocycles. The maximum Gasteiger partial charge on any atom is 0.257 e. The summed E-state index contributed by atoms with van der Waals surface area (Å²) < 4.78 is 5.42. The molecule has 4 nitrogen and oxygen atoms in total. The maximum atomic E-state index is 12.9. The highest BCUT2D eigenvalue weighted by molar-refractivity contribution is 7.98. The number of ether oxygens (including phenoxy) is 1. The predicted molar refractivity (Wildman–Crippen MR) is 104 cm³/mol. The van der Waals surface area contributed by atoms with Gasteiger partial charge in [0.1, 0.15) is 5.75 Å². The van der Waals surface area contributed by atoms with Crippen molar-refractivity contribution in [3.63, 3.8) is 0 Å². The summed E-state index contributed by atoms with van der Waals surface area (Å²) >= 11 is 7.71. The summed E-state index contributed by atoms with van der Waals surface area (Å²) in [6.07, 6.45) is 2.01. The van der Waals surface area contributed by atoms with Crippen molar-refractivity contribution in [3.8, 4) is 5.75 Å². The van der Waals surface area contributed by atoms with E-state index in [2.05, 4.69) is 4.90 Å². The lowest BCUT2D eigenvalue weighted by Crippen LogP contribution is -2.48. The molecule has 0 aliphatic carbocycles. The zero-order chi connectivity index (χ0) is 17.8. The zero-order valence-corrected chi connectivity index (χ0v) is 15.9. The Balaban J connectivity index is 1.69. The van der Waals surface area contributed by atoms with Gasteiger partial charge in [-0.1, -0.05) is 17.7 Å². The number of anilines is 1. The smallest absolute Gasteiger partial charge is 0.257 e. The highest BCUT2D eigenvalue weighted by Crippen LogP contribution is 2.27. The number of amides is 1. The Bertz CT molecular complexity index is 761. The minimum atomic E-state index is 0.0234. The Kier molecular flexibility index (Phi) is 5.76. The van der Waals surface area contributed by atoms with Gasteiger partial charge in [-0.3, -0.25) is 4.79 Å². The van der Waals surface area contributed by atoms with Crippen LogP contribution in [0.25, 0.3) is 0 Å². The molecule has 0 saturated carbocycles. The molecule has 2 aromatic rings. The van der Waals surface area contributed by atoms with Crippen LogP contribution < -0.4 is 9.64 Å². The van der Waals surface area contributed by atoms with Crippen molar-refractivity contribution >= 4 is 35.0 Å². The molecule has 0 unspecified atom stereocenters. The monoisotopic (exact) mass is 376 g/mol. The molecule has 1 saturated heterocycles. The van der Waals surface area contributed by atoms with Gasteiger partial charge in [0.2, 0.25) is 0 Å². The van der Waals surface area contributed by atoms with Gasteiger partial charge in [0.05, 0.1) is 12.7 Å². The molecule has 3 rings (SSSR count). The molecule has 0 atom stereocenters. The molecule has 1 heterocycles. The second kappa shape index (κ2) is 8.02. The van der Waals surface area contributed by atoms with Crippen LogP contribution in [0.2, 0.25) is 5.02 Å². The first-order valence-electron chi connectivity index (χ1n) is 8.14. The quantitative estimate of drug-likeness (QED) is 0.754. The second-order valence-electron chi connectivity index (χ2n) is 5.83. The molecule has 1 aliphatic heterocycles. The Morgan fingerprint density at radius 2 is 1.88 bits per heavy atom. The highest BCUT2D eigenvalue weighted by Gasteiger charge is 2.24. The maximum absolute atomic E-state index is 12.9. The van der Waals surface area contributed by atoms with Crippen molar-refractivity contribution < 1.29 is 9.53 Å². The topological polar surface area (TPSA) is 32.8 Å². The Labute approximate surface area is 157 Å². The number of hydrogen-bond acceptors (Lipinski definition) is 4. The van der Waals surface area contributed by atoms with Crippen molar-refractivity contribution in [3.05, 3.63) is 53.1 Å². The molecule has 0 radical (unpaired) electrons. The average Bonchev–Trinajstić information content (AvgIpc) is 2.67. The minimum Gasteiger partial charge on any atom is -0.496 e. The lowest BCUT2D eigenvalue weighted by atomic mass is 10.1. The van der Waals surface area contributed by atoms with Crippen LogP contribution in [0.3, 0.4) is 0 Å². The summed E-state index contributed by atoms with van der Waals surface area (Å²) in [5, 5.41) is 0.731. The van der Waals surface area contributed by atoms with Gasteiger partial charge in [-0.15, -0.1) is 11.8 Å². The van der Waals surface area contributed by atoms with Crippen LogP contribution in [-0.4, -0.2) is 50.4 Å². The average molecular weight is 377 g/mol. The normalized spacial score (nSPS) is 14.5. The highest BCUT2D eigenvalue weighted by atomic mass is 35.5. The molecular formula is C19H21ClN2O2S. The first-order valence-corrected chi connectivity index (χ1v) is 9.74. The van der Waals surface area contributed by atoms with E-state index in [1.165, 1.54) is 0 Å². The zero-order valence-electron chi connectivity index (χ0n) is 14.4. The van der Waals surface area contributed by atoms with Crippen molar-refractivity contribution in [1.29, 1.82) is 0 Å². The number of carbonyl (C=O) groups is 1. The lowest BCUT2D eigenvalue weighted by molar-refractivity contribution is 0.0743. The van der Waals surface area contributed by atoms with E-state index < -0.39 is 0 Å². The number of carbonyl (C=O) groups excluding carboxylic acids is 1. The lowest BCUT2D eigenvalue weighted by Gasteiger charge is -2.36. The summed E-state index contributed by atoms with van der Waals surface area (Å²) in [6, 6.07) is 13.6. The molecular weight excluding hydrogens is 356 g/mol. The summed E-state index contributed by atoms with van der Waals surface area (Å²) in [4.78, 5) is 18.1. The summed E-state index contributed by atoms with van der Waals surface area (Å²) in [7, 11) is 1.60. The number of methoxy groups -OCH3 is 1. The second-order valence-corrected chi connectivity index (χ2v) is 7.14. The van der Waals surface area contributed by atoms with E-state index in [9.17, 15) is 4.79 Å². The van der Waals surface area contributed by atoms with E-state index in [1.807, 2.05) is 53.6 Å². The van der Waals surface area contributed by atoms with Gasteiger partial charge in [-0.25, -0.2) is 0 Å². The third-order valence-electron chi connectivity index (χ3n) is 4.38. The number of hydrogen-bond donors (Lipinski definition) is 0. The van der Waals surface area contributed by atoms with Gasteiger partial charge in [0.15, 0.2) is 0 Å². The van der Waals surface area contributed by atoms with Gasteiger partial charge in [0, 0.05) is 41.8 Å². The van der Waals surface area contributed by atoms with Crippen LogP contribution in [0.1, 0.15) is 10.4 Å². The van der Waals surface area contributed by atoms with Crippen molar-refractivity contribution in [2.75, 3.05) is 44.4 Å². The van der Waals surface area contributed by atoms with E-state index in [0.29, 0.717) is 24.4 Å². The van der Waals surface area contributed by atoms with Gasteiger partial charge >= 0.3 is 0 Å². The number of rotatable bonds is 4. The largest absolute Gasteiger partial charge is 0.496 e. The Morgan fingerprint density at radius 3 is 2.52 bits per heavy atom. The fourth-order valence-electron chi connectivity index (χ4n) is 2.99. The van der Waals surface area contributed by atoms with Crippen molar-refractivity contribution in [2.45, 2.75) is 4.90 Å². The molecule has 6 heteroatoms. The van der Waals surface area contributed by atoms with E-state index >= 15 is 0 Å². The Hall–Kier alpha value is -1.85. The third-order valence-corrected chi connectivity index (χ3v) is 5.34. The first kappa shape index (κ1) is 18.0. The Morgan fingerprint density at radius 1 is 1.12 bits per heavy atom. The van der Waals surface area contributed by atoms with Crippen LogP contribution in [0.15, 0.2) is 47.4 Å². The van der Waals surface area contributed by atoms with Crippen LogP contribution >= 0.6 is 23.4 Å². The van der Waals surface area contributed by atoms with Gasteiger partial charge in [0.25, 0.3) is 5.91 Å². The molecule has 25 heavy (non-hydrogen) atoms. The molecule has 132 valence electrons. The molecule has 1 aliphatic rings. The molecule has 0 N–H and O–H groups in total. The third kappa shape index (κ3) is 4.05. The molecule has 1 fully saturated rings. The first-order chi connectivity index (χ1) is 12.1. The van der Waals surface area contributed by atoms with Crippen molar-refractivity contribution in [2.24, 2.45) is 0 Å². The van der Waals surface area contributed by atoms with Gasteiger partial charge < -0.3 is 14.5 Å². The number of benzene rings is 2. The SMILES string of the molecule is COc1cc(SC)ccc1C(=O)N1CCN(c2cccc(Cl)c2)CC1. The predicted octanol–water partition coefficient (Wildman–Crippen LogP) is 4.03. The van der Waals surface area contributed by atoms with Crippen LogP contribution in [0.5, 0.6) is 5.75 Å².